The molecule has 0 amide bonds. The molecule has 3 aromatic heterocycles. The zero-order valence-corrected chi connectivity index (χ0v) is 21.4. The zero-order valence-electron chi connectivity index (χ0n) is 18.2. The fourth-order valence-corrected chi connectivity index (χ4v) is 7.09. The Kier molecular flexibility index (Phi) is 6.32. The summed E-state index contributed by atoms with van der Waals surface area (Å²) in [4.78, 5) is 15.4. The third-order valence-corrected chi connectivity index (χ3v) is 9.04. The van der Waals surface area contributed by atoms with E-state index in [9.17, 15) is 13.2 Å². The number of ether oxygens (including phenoxy) is 1. The van der Waals surface area contributed by atoms with Gasteiger partial charge in [-0.3, -0.25) is 0 Å². The minimum Gasteiger partial charge on any atom is -0.482 e. The van der Waals surface area contributed by atoms with Crippen LogP contribution >= 0.6 is 34.3 Å². The Morgan fingerprint density at radius 3 is 2.53 bits per heavy atom. The molecular formula is C25H15ClN2O5S3. The van der Waals surface area contributed by atoms with Crippen LogP contribution in [0.2, 0.25) is 5.02 Å². The molecule has 0 atom stereocenters. The predicted octanol–water partition coefficient (Wildman–Crippen LogP) is 7.00. The largest absolute Gasteiger partial charge is 0.482 e. The van der Waals surface area contributed by atoms with E-state index in [1.165, 1.54) is 57.0 Å². The Hall–Kier alpha value is -3.62. The van der Waals surface area contributed by atoms with Crippen molar-refractivity contribution in [3.63, 3.8) is 0 Å². The molecule has 0 saturated carbocycles. The Labute approximate surface area is 219 Å². The third kappa shape index (κ3) is 4.16. The molecule has 0 spiro atoms. The van der Waals surface area contributed by atoms with E-state index in [1.807, 2.05) is 17.5 Å². The van der Waals surface area contributed by atoms with E-state index in [0.29, 0.717) is 42.6 Å². The van der Waals surface area contributed by atoms with Crippen molar-refractivity contribution in [2.24, 2.45) is 0 Å². The highest BCUT2D eigenvalue weighted by atomic mass is 35.5. The van der Waals surface area contributed by atoms with Gasteiger partial charge in [-0.1, -0.05) is 23.7 Å². The van der Waals surface area contributed by atoms with E-state index >= 15 is 0 Å². The molecule has 0 saturated heterocycles. The van der Waals surface area contributed by atoms with Crippen LogP contribution in [0.5, 0.6) is 5.75 Å². The molecule has 3 heterocycles. The van der Waals surface area contributed by atoms with E-state index < -0.39 is 22.6 Å². The number of aliphatic carboxylic acids is 1. The van der Waals surface area contributed by atoms with E-state index in [-0.39, 0.29) is 10.6 Å². The number of aromatic nitrogens is 1. The molecular weight excluding hydrogens is 540 g/mol. The third-order valence-electron chi connectivity index (χ3n) is 5.38. The summed E-state index contributed by atoms with van der Waals surface area (Å²) in [5.74, 6) is -0.950. The van der Waals surface area contributed by atoms with Gasteiger partial charge in [0.05, 0.1) is 27.6 Å². The summed E-state index contributed by atoms with van der Waals surface area (Å²) in [6.07, 6.45) is 0. The molecule has 1 N–H and O–H groups in total. The number of fused-ring (bicyclic) bond motifs is 1. The molecule has 180 valence electrons. The van der Waals surface area contributed by atoms with Gasteiger partial charge in [0, 0.05) is 27.6 Å². The molecule has 0 aliphatic carbocycles. The molecule has 0 radical (unpaired) electrons. The van der Waals surface area contributed by atoms with E-state index in [1.54, 1.807) is 23.6 Å². The second kappa shape index (κ2) is 9.44. The van der Waals surface area contributed by atoms with Crippen LogP contribution in [0.25, 0.3) is 37.4 Å². The maximum Gasteiger partial charge on any atom is 0.341 e. The molecule has 36 heavy (non-hydrogen) atoms. The molecule has 2 aromatic carbocycles. The molecule has 0 bridgehead atoms. The predicted molar refractivity (Wildman–Crippen MR) is 142 cm³/mol. The van der Waals surface area contributed by atoms with Gasteiger partial charge < -0.3 is 9.84 Å². The van der Waals surface area contributed by atoms with Crippen molar-refractivity contribution in [1.82, 2.24) is 3.97 Å². The number of halogens is 1. The molecule has 0 aliphatic heterocycles. The van der Waals surface area contributed by atoms with E-state index in [0.717, 1.165) is 0 Å². The van der Waals surface area contributed by atoms with Crippen LogP contribution in [-0.4, -0.2) is 30.1 Å². The van der Waals surface area contributed by atoms with Crippen LogP contribution in [0.15, 0.2) is 76.3 Å². The van der Waals surface area contributed by atoms with Crippen molar-refractivity contribution in [2.75, 3.05) is 6.61 Å². The highest BCUT2D eigenvalue weighted by Crippen LogP contribution is 2.49. The Bertz CT molecular complexity index is 1750. The topological polar surface area (TPSA) is 90.0 Å². The quantitative estimate of drug-likeness (QED) is 0.219. The van der Waals surface area contributed by atoms with Crippen molar-refractivity contribution in [3.8, 4) is 27.4 Å². The van der Waals surface area contributed by atoms with Gasteiger partial charge in [-0.05, 0) is 53.2 Å². The fraction of sp³-hybridized carbons (Fsp3) is 0.0400. The average Bonchev–Trinajstić information content (AvgIpc) is 3.60. The van der Waals surface area contributed by atoms with Crippen molar-refractivity contribution in [1.29, 1.82) is 0 Å². The first-order chi connectivity index (χ1) is 17.3. The monoisotopic (exact) mass is 554 g/mol. The smallest absolute Gasteiger partial charge is 0.341 e. The first-order valence-electron chi connectivity index (χ1n) is 10.3. The Morgan fingerprint density at radius 1 is 1.08 bits per heavy atom. The molecule has 5 aromatic rings. The van der Waals surface area contributed by atoms with Gasteiger partial charge in [0.1, 0.15) is 5.75 Å². The number of thiophene rings is 2. The van der Waals surface area contributed by atoms with E-state index in [4.69, 9.17) is 28.0 Å². The molecule has 0 fully saturated rings. The maximum absolute atomic E-state index is 14.1. The second-order valence-electron chi connectivity index (χ2n) is 7.54. The van der Waals surface area contributed by atoms with Gasteiger partial charge in [0.2, 0.25) is 5.00 Å². The molecule has 0 unspecified atom stereocenters. The lowest BCUT2D eigenvalue weighted by atomic mass is 10.0. The summed E-state index contributed by atoms with van der Waals surface area (Å²) < 4.78 is 34.9. The number of carbonyl (C=O) groups is 1. The van der Waals surface area contributed by atoms with Crippen LogP contribution < -0.4 is 4.74 Å². The SMILES string of the molecule is [C-]#[N+]c1sccc1-c1c(-c2cccs2)n(S(=O)(=O)c2ccc(Cl)cc2)c2cc(OCC(=O)O)ccc12. The summed E-state index contributed by atoms with van der Waals surface area (Å²) in [6.45, 7) is 7.07. The molecule has 11 heteroatoms. The number of hydrogen-bond donors (Lipinski definition) is 1. The van der Waals surface area contributed by atoms with Crippen LogP contribution in [0.4, 0.5) is 5.00 Å². The van der Waals surface area contributed by atoms with Crippen molar-refractivity contribution < 1.29 is 23.1 Å². The summed E-state index contributed by atoms with van der Waals surface area (Å²) in [5.41, 5.74) is 1.93. The van der Waals surface area contributed by atoms with Crippen molar-refractivity contribution in [3.05, 3.63) is 87.9 Å². The molecule has 7 nitrogen and oxygen atoms in total. The van der Waals surface area contributed by atoms with Gasteiger partial charge in [-0.15, -0.1) is 11.3 Å². The lowest BCUT2D eigenvalue weighted by Gasteiger charge is -2.13. The summed E-state index contributed by atoms with van der Waals surface area (Å²) >= 11 is 8.66. The summed E-state index contributed by atoms with van der Waals surface area (Å²) in [5, 5.41) is 14.1. The van der Waals surface area contributed by atoms with E-state index in [2.05, 4.69) is 4.85 Å². The number of nitrogens with zero attached hydrogens (tertiary/aromatic N) is 2. The standard InChI is InChI=1S/C25H15ClN2O5S3/c1-27-25-19(10-12-35-25)23-18-9-6-16(33-14-22(29)30)13-20(18)28(24(23)21-3-2-11-34-21)36(31,32)17-7-4-15(26)5-8-17/h2-13H,14H2,(H,29,30). The zero-order chi connectivity index (χ0) is 25.4. The molecule has 5 rings (SSSR count). The van der Waals surface area contributed by atoms with Gasteiger partial charge in [0.15, 0.2) is 6.61 Å². The van der Waals surface area contributed by atoms with Crippen LogP contribution in [0, 0.1) is 6.57 Å². The second-order valence-corrected chi connectivity index (χ2v) is 11.6. The Balaban J connectivity index is 1.91. The van der Waals surface area contributed by atoms with Gasteiger partial charge in [-0.2, -0.15) is 11.3 Å². The number of carboxylic acids is 1. The lowest BCUT2D eigenvalue weighted by molar-refractivity contribution is -0.139. The van der Waals surface area contributed by atoms with Crippen LogP contribution in [-0.2, 0) is 14.8 Å². The summed E-state index contributed by atoms with van der Waals surface area (Å²) in [6, 6.07) is 16.1. The Morgan fingerprint density at radius 2 is 1.86 bits per heavy atom. The van der Waals surface area contributed by atoms with Gasteiger partial charge in [0.25, 0.3) is 10.0 Å². The van der Waals surface area contributed by atoms with Crippen LogP contribution in [0.3, 0.4) is 0 Å². The lowest BCUT2D eigenvalue weighted by Crippen LogP contribution is -2.14. The number of rotatable bonds is 7. The minimum atomic E-state index is -4.16. The van der Waals surface area contributed by atoms with Gasteiger partial charge >= 0.3 is 5.97 Å². The normalized spacial score (nSPS) is 11.4. The highest BCUT2D eigenvalue weighted by molar-refractivity contribution is 7.90. The van der Waals surface area contributed by atoms with Crippen LogP contribution in [0.1, 0.15) is 0 Å². The maximum atomic E-state index is 14.1. The number of benzene rings is 2. The summed E-state index contributed by atoms with van der Waals surface area (Å²) in [7, 11) is -4.16. The van der Waals surface area contributed by atoms with Crippen molar-refractivity contribution >= 4 is 66.2 Å². The fourth-order valence-electron chi connectivity index (χ4n) is 3.92. The highest BCUT2D eigenvalue weighted by Gasteiger charge is 2.30. The number of carboxylic acid groups (broad SMARTS) is 1. The first kappa shape index (κ1) is 24.1. The first-order valence-corrected chi connectivity index (χ1v) is 13.9. The number of hydrogen-bond acceptors (Lipinski definition) is 6. The van der Waals surface area contributed by atoms with Gasteiger partial charge in [-0.25, -0.2) is 22.0 Å². The minimum absolute atomic E-state index is 0.0285. The van der Waals surface area contributed by atoms with Crippen molar-refractivity contribution in [2.45, 2.75) is 4.90 Å². The average molecular weight is 555 g/mol. The molecule has 0 aliphatic rings.